The number of hydrogen-bond acceptors (Lipinski definition) is 6. The molecule has 1 N–H and O–H groups in total. The quantitative estimate of drug-likeness (QED) is 0.373. The molecule has 1 atom stereocenters. The Morgan fingerprint density at radius 2 is 1.81 bits per heavy atom. The van der Waals surface area contributed by atoms with Crippen LogP contribution in [0.1, 0.15) is 68.2 Å². The normalized spacial score (nSPS) is 12.9. The van der Waals surface area contributed by atoms with Crippen molar-refractivity contribution in [2.75, 3.05) is 7.11 Å². The van der Waals surface area contributed by atoms with E-state index >= 15 is 0 Å². The van der Waals surface area contributed by atoms with Crippen molar-refractivity contribution >= 4 is 10.9 Å². The third-order valence-corrected chi connectivity index (χ3v) is 6.54. The third kappa shape index (κ3) is 5.33. The van der Waals surface area contributed by atoms with Crippen molar-refractivity contribution in [3.63, 3.8) is 0 Å². The maximum Gasteiger partial charge on any atom is 0.252 e. The largest absolute Gasteiger partial charge is 0.497 e. The van der Waals surface area contributed by atoms with Gasteiger partial charge in [0.15, 0.2) is 5.82 Å². The number of hydrogen-bond donors (Lipinski definition) is 1. The van der Waals surface area contributed by atoms with Crippen LogP contribution in [-0.2, 0) is 18.6 Å². The zero-order chi connectivity index (χ0) is 26.0. The minimum absolute atomic E-state index is 0.0700. The van der Waals surface area contributed by atoms with Gasteiger partial charge in [0.1, 0.15) is 5.75 Å². The number of aromatic nitrogens is 5. The van der Waals surface area contributed by atoms with E-state index in [1.54, 1.807) is 7.11 Å². The van der Waals surface area contributed by atoms with Crippen molar-refractivity contribution < 1.29 is 4.74 Å². The summed E-state index contributed by atoms with van der Waals surface area (Å²) in [5.41, 5.74) is 4.62. The molecule has 8 nitrogen and oxygen atoms in total. The van der Waals surface area contributed by atoms with Crippen LogP contribution in [0.2, 0.25) is 0 Å². The van der Waals surface area contributed by atoms with E-state index in [0.29, 0.717) is 18.7 Å². The van der Waals surface area contributed by atoms with Crippen LogP contribution >= 0.6 is 0 Å². The lowest BCUT2D eigenvalue weighted by Crippen LogP contribution is -2.35. The second-order valence-electron chi connectivity index (χ2n) is 10.5. The van der Waals surface area contributed by atoms with Crippen molar-refractivity contribution in [3.05, 3.63) is 80.9 Å². The van der Waals surface area contributed by atoms with E-state index in [1.165, 1.54) is 5.56 Å². The monoisotopic (exact) mass is 488 g/mol. The molecule has 0 spiro atoms. The van der Waals surface area contributed by atoms with Crippen LogP contribution in [0.15, 0.2) is 47.3 Å². The number of pyridine rings is 1. The van der Waals surface area contributed by atoms with E-state index < -0.39 is 0 Å². The molecule has 2 heterocycles. The Kier molecular flexibility index (Phi) is 7.26. The van der Waals surface area contributed by atoms with Crippen LogP contribution in [0.25, 0.3) is 10.9 Å². The molecule has 4 aromatic rings. The van der Waals surface area contributed by atoms with Crippen LogP contribution in [0.4, 0.5) is 0 Å². The lowest BCUT2D eigenvalue weighted by molar-refractivity contribution is 0.153. The van der Waals surface area contributed by atoms with Crippen molar-refractivity contribution in [1.29, 1.82) is 0 Å². The molecule has 0 bridgehead atoms. The van der Waals surface area contributed by atoms with Gasteiger partial charge in [-0.1, -0.05) is 30.7 Å². The fraction of sp³-hybridized carbons (Fsp3) is 0.429. The van der Waals surface area contributed by atoms with Crippen molar-refractivity contribution in [2.45, 2.75) is 72.6 Å². The summed E-state index contributed by atoms with van der Waals surface area (Å²) in [5.74, 6) is 1.60. The van der Waals surface area contributed by atoms with Gasteiger partial charge in [0, 0.05) is 18.7 Å². The number of rotatable bonds is 8. The first-order valence-corrected chi connectivity index (χ1v) is 12.4. The minimum Gasteiger partial charge on any atom is -0.497 e. The van der Waals surface area contributed by atoms with Crippen molar-refractivity contribution in [1.82, 2.24) is 30.1 Å². The Bertz CT molecular complexity index is 1400. The molecule has 0 radical (unpaired) electrons. The second-order valence-corrected chi connectivity index (χ2v) is 10.5. The van der Waals surface area contributed by atoms with E-state index in [2.05, 4.69) is 84.3 Å². The van der Waals surface area contributed by atoms with Crippen LogP contribution in [0.5, 0.6) is 5.75 Å². The Labute approximate surface area is 212 Å². The molecule has 0 saturated heterocycles. The molecule has 0 saturated carbocycles. The summed E-state index contributed by atoms with van der Waals surface area (Å²) in [7, 11) is 1.66. The van der Waals surface area contributed by atoms with Crippen LogP contribution in [0.3, 0.4) is 0 Å². The predicted molar refractivity (Wildman–Crippen MR) is 142 cm³/mol. The Balaban J connectivity index is 1.78. The van der Waals surface area contributed by atoms with Gasteiger partial charge in [-0.3, -0.25) is 9.69 Å². The van der Waals surface area contributed by atoms with E-state index in [9.17, 15) is 4.79 Å². The fourth-order valence-corrected chi connectivity index (χ4v) is 4.79. The molecule has 4 rings (SSSR count). The van der Waals surface area contributed by atoms with Crippen LogP contribution < -0.4 is 10.3 Å². The van der Waals surface area contributed by atoms with E-state index in [4.69, 9.17) is 4.74 Å². The Morgan fingerprint density at radius 3 is 2.44 bits per heavy atom. The number of methoxy groups -OCH3 is 1. The average Bonchev–Trinajstić information content (AvgIpc) is 3.31. The fourth-order valence-electron chi connectivity index (χ4n) is 4.79. The number of benzene rings is 2. The highest BCUT2D eigenvalue weighted by Gasteiger charge is 2.29. The number of aryl methyl sites for hydroxylation is 2. The molecular formula is C28H36N6O2. The summed E-state index contributed by atoms with van der Waals surface area (Å²) in [4.78, 5) is 18.6. The Hall–Kier alpha value is -3.52. The summed E-state index contributed by atoms with van der Waals surface area (Å²) >= 11 is 0. The van der Waals surface area contributed by atoms with Gasteiger partial charge >= 0.3 is 0 Å². The van der Waals surface area contributed by atoms with Gasteiger partial charge in [0.05, 0.1) is 24.2 Å². The van der Waals surface area contributed by atoms with Gasteiger partial charge < -0.3 is 9.72 Å². The van der Waals surface area contributed by atoms with Gasteiger partial charge in [-0.15, -0.1) is 5.10 Å². The number of tetrazole rings is 1. The van der Waals surface area contributed by atoms with Gasteiger partial charge in [-0.2, -0.15) is 0 Å². The molecule has 0 fully saturated rings. The summed E-state index contributed by atoms with van der Waals surface area (Å²) < 4.78 is 7.23. The minimum atomic E-state index is -0.270. The molecule has 2 aromatic heterocycles. The van der Waals surface area contributed by atoms with E-state index in [-0.39, 0.29) is 17.1 Å². The maximum atomic E-state index is 13.2. The zero-order valence-corrected chi connectivity index (χ0v) is 22.3. The summed E-state index contributed by atoms with van der Waals surface area (Å²) in [6.07, 6.45) is 0.788. The first-order valence-electron chi connectivity index (χ1n) is 12.4. The third-order valence-electron chi connectivity index (χ3n) is 6.54. The summed E-state index contributed by atoms with van der Waals surface area (Å²) in [6.45, 7) is 13.6. The summed E-state index contributed by atoms with van der Waals surface area (Å²) in [6, 6.07) is 14.2. The second kappa shape index (κ2) is 10.2. The molecule has 0 aliphatic rings. The van der Waals surface area contributed by atoms with Gasteiger partial charge in [0.2, 0.25) is 0 Å². The molecule has 0 aliphatic heterocycles. The van der Waals surface area contributed by atoms with Crippen molar-refractivity contribution in [3.8, 4) is 5.75 Å². The highest BCUT2D eigenvalue weighted by atomic mass is 16.5. The highest BCUT2D eigenvalue weighted by Crippen LogP contribution is 2.29. The molecular weight excluding hydrogens is 452 g/mol. The summed E-state index contributed by atoms with van der Waals surface area (Å²) in [5, 5.41) is 13.8. The maximum absolute atomic E-state index is 13.2. The number of H-pyrrole nitrogens is 1. The number of ether oxygens (including phenoxy) is 1. The topological polar surface area (TPSA) is 88.9 Å². The van der Waals surface area contributed by atoms with Crippen LogP contribution in [-0.4, -0.2) is 37.2 Å². The predicted octanol–water partition coefficient (Wildman–Crippen LogP) is 5.05. The number of fused-ring (bicyclic) bond motifs is 1. The van der Waals surface area contributed by atoms with Gasteiger partial charge in [-0.25, -0.2) is 4.68 Å². The molecule has 190 valence electrons. The molecule has 0 aliphatic carbocycles. The Morgan fingerprint density at radius 1 is 1.08 bits per heavy atom. The van der Waals surface area contributed by atoms with E-state index in [0.717, 1.165) is 40.0 Å². The first kappa shape index (κ1) is 25.6. The number of aromatic amines is 1. The highest BCUT2D eigenvalue weighted by molar-refractivity contribution is 5.82. The number of nitrogens with one attached hydrogen (secondary N) is 1. The standard InChI is InChI=1S/C28H36N6O2/c1-8-24(26-30-31-32-34(26)28(4,5)6)33(16-20-9-11-23(36-7)12-10-20)17-22-15-21-14-18(2)13-19(3)25(21)29-27(22)35/h9-15,24H,8,16-17H2,1-7H3,(H,29,35)/t24-/m1/s1. The lowest BCUT2D eigenvalue weighted by Gasteiger charge is -2.32. The number of nitrogens with zero attached hydrogens (tertiary/aromatic N) is 5. The average molecular weight is 489 g/mol. The molecule has 8 heteroatoms. The van der Waals surface area contributed by atoms with Crippen molar-refractivity contribution in [2.24, 2.45) is 0 Å². The zero-order valence-electron chi connectivity index (χ0n) is 22.3. The van der Waals surface area contributed by atoms with E-state index in [1.807, 2.05) is 29.8 Å². The molecule has 0 unspecified atom stereocenters. The molecule has 0 amide bonds. The lowest BCUT2D eigenvalue weighted by atomic mass is 10.0. The molecule has 36 heavy (non-hydrogen) atoms. The smallest absolute Gasteiger partial charge is 0.252 e. The first-order chi connectivity index (χ1) is 17.1. The van der Waals surface area contributed by atoms with Gasteiger partial charge in [-0.05, 0) is 92.2 Å². The van der Waals surface area contributed by atoms with Crippen LogP contribution in [0, 0.1) is 13.8 Å². The SMILES string of the molecule is CC[C@H](c1nnnn1C(C)(C)C)N(Cc1ccc(OC)cc1)Cc1cc2cc(C)cc(C)c2[nH]c1=O. The van der Waals surface area contributed by atoms with Gasteiger partial charge in [0.25, 0.3) is 5.56 Å². The molecule has 2 aromatic carbocycles.